The maximum absolute atomic E-state index is 14.2. The predicted molar refractivity (Wildman–Crippen MR) is 98.3 cm³/mol. The highest BCUT2D eigenvalue weighted by molar-refractivity contribution is 7.89. The van der Waals surface area contributed by atoms with Crippen LogP contribution in [0.1, 0.15) is 21.5 Å². The van der Waals surface area contributed by atoms with Gasteiger partial charge in [-0.15, -0.1) is 0 Å². The summed E-state index contributed by atoms with van der Waals surface area (Å²) in [5.41, 5.74) is 1.63. The zero-order valence-electron chi connectivity index (χ0n) is 14.9. The molecule has 2 aromatic rings. The first kappa shape index (κ1) is 19.5. The van der Waals surface area contributed by atoms with Crippen LogP contribution in [0.5, 0.6) is 0 Å². The van der Waals surface area contributed by atoms with Crippen LogP contribution in [0, 0.1) is 12.7 Å². The number of nitrogens with one attached hydrogen (secondary N) is 1. The smallest absolute Gasteiger partial charge is 0.254 e. The van der Waals surface area contributed by atoms with Crippen LogP contribution in [0.15, 0.2) is 47.4 Å². The predicted octanol–water partition coefficient (Wildman–Crippen LogP) is 2.09. The van der Waals surface area contributed by atoms with E-state index in [9.17, 15) is 17.6 Å². The summed E-state index contributed by atoms with van der Waals surface area (Å²) in [6.45, 7) is 3.24. The molecule has 0 saturated carbocycles. The second-order valence-corrected chi connectivity index (χ2v) is 8.27. The van der Waals surface area contributed by atoms with Crippen molar-refractivity contribution in [1.82, 2.24) is 9.62 Å². The van der Waals surface area contributed by atoms with E-state index in [1.165, 1.54) is 10.4 Å². The SMILES string of the molecule is Cc1cccc(CNC(=O)c2cc(S(=O)(=O)N3CCOCC3)ccc2F)c1. The molecule has 6 nitrogen and oxygen atoms in total. The molecule has 8 heteroatoms. The number of morpholine rings is 1. The second-order valence-electron chi connectivity index (χ2n) is 6.33. The van der Waals surface area contributed by atoms with E-state index in [1.807, 2.05) is 31.2 Å². The van der Waals surface area contributed by atoms with Crippen LogP contribution in [0.2, 0.25) is 0 Å². The Labute approximate surface area is 158 Å². The summed E-state index contributed by atoms with van der Waals surface area (Å²) in [5, 5.41) is 2.63. The fourth-order valence-corrected chi connectivity index (χ4v) is 4.31. The standard InChI is InChI=1S/C19H21FN2O4S/c1-14-3-2-4-15(11-14)13-21-19(23)17-12-16(5-6-18(17)20)27(24,25)22-7-9-26-10-8-22/h2-6,11-12H,7-10,13H2,1H3,(H,21,23). The summed E-state index contributed by atoms with van der Waals surface area (Å²) in [5.74, 6) is -1.43. The minimum absolute atomic E-state index is 0.105. The highest BCUT2D eigenvalue weighted by Gasteiger charge is 2.27. The number of rotatable bonds is 5. The van der Waals surface area contributed by atoms with Gasteiger partial charge in [0.2, 0.25) is 10.0 Å². The number of amides is 1. The van der Waals surface area contributed by atoms with Gasteiger partial charge in [-0.1, -0.05) is 29.8 Å². The van der Waals surface area contributed by atoms with Gasteiger partial charge in [0.25, 0.3) is 5.91 Å². The monoisotopic (exact) mass is 392 g/mol. The van der Waals surface area contributed by atoms with Crippen LogP contribution < -0.4 is 5.32 Å². The second kappa shape index (κ2) is 8.16. The number of ether oxygens (including phenoxy) is 1. The molecule has 0 unspecified atom stereocenters. The molecular weight excluding hydrogens is 371 g/mol. The third kappa shape index (κ3) is 4.52. The quantitative estimate of drug-likeness (QED) is 0.845. The average Bonchev–Trinajstić information content (AvgIpc) is 2.67. The number of halogens is 1. The molecule has 27 heavy (non-hydrogen) atoms. The molecule has 144 valence electrons. The maximum atomic E-state index is 14.2. The lowest BCUT2D eigenvalue weighted by molar-refractivity contribution is 0.0730. The van der Waals surface area contributed by atoms with E-state index in [1.54, 1.807) is 0 Å². The van der Waals surface area contributed by atoms with Gasteiger partial charge in [0, 0.05) is 19.6 Å². The molecule has 0 spiro atoms. The fourth-order valence-electron chi connectivity index (χ4n) is 2.87. The van der Waals surface area contributed by atoms with Crippen molar-refractivity contribution in [3.63, 3.8) is 0 Å². The van der Waals surface area contributed by atoms with Gasteiger partial charge in [-0.05, 0) is 30.7 Å². The van der Waals surface area contributed by atoms with Crippen molar-refractivity contribution in [2.45, 2.75) is 18.4 Å². The highest BCUT2D eigenvalue weighted by atomic mass is 32.2. The summed E-state index contributed by atoms with van der Waals surface area (Å²) in [7, 11) is -3.80. The largest absolute Gasteiger partial charge is 0.379 e. The summed E-state index contributed by atoms with van der Waals surface area (Å²) in [4.78, 5) is 12.3. The molecule has 0 aromatic heterocycles. The van der Waals surface area contributed by atoms with Crippen molar-refractivity contribution in [3.8, 4) is 0 Å². The molecular formula is C19H21FN2O4S. The van der Waals surface area contributed by atoms with Gasteiger partial charge in [0.15, 0.2) is 0 Å². The molecule has 1 heterocycles. The van der Waals surface area contributed by atoms with E-state index in [-0.39, 0.29) is 30.1 Å². The highest BCUT2D eigenvalue weighted by Crippen LogP contribution is 2.20. The van der Waals surface area contributed by atoms with E-state index in [0.29, 0.717) is 13.2 Å². The topological polar surface area (TPSA) is 75.7 Å². The Bertz CT molecular complexity index is 940. The lowest BCUT2D eigenvalue weighted by Crippen LogP contribution is -2.40. The van der Waals surface area contributed by atoms with E-state index < -0.39 is 21.7 Å². The maximum Gasteiger partial charge on any atom is 0.254 e. The first-order chi connectivity index (χ1) is 12.9. The van der Waals surface area contributed by atoms with Gasteiger partial charge in [-0.2, -0.15) is 4.31 Å². The Balaban J connectivity index is 1.79. The van der Waals surface area contributed by atoms with Gasteiger partial charge in [0.05, 0.1) is 23.7 Å². The third-order valence-corrected chi connectivity index (χ3v) is 6.22. The van der Waals surface area contributed by atoms with Crippen LogP contribution >= 0.6 is 0 Å². The number of hydrogen-bond donors (Lipinski definition) is 1. The Morgan fingerprint density at radius 3 is 2.63 bits per heavy atom. The number of carbonyl (C=O) groups is 1. The number of sulfonamides is 1. The molecule has 1 aliphatic heterocycles. The Kier molecular flexibility index (Phi) is 5.88. The molecule has 2 aromatic carbocycles. The zero-order valence-corrected chi connectivity index (χ0v) is 15.8. The van der Waals surface area contributed by atoms with Crippen LogP contribution in [-0.4, -0.2) is 44.9 Å². The average molecular weight is 392 g/mol. The van der Waals surface area contributed by atoms with Crippen molar-refractivity contribution >= 4 is 15.9 Å². The summed E-state index contributed by atoms with van der Waals surface area (Å²) >= 11 is 0. The number of hydrogen-bond acceptors (Lipinski definition) is 4. The lowest BCUT2D eigenvalue weighted by atomic mass is 10.1. The fraction of sp³-hybridized carbons (Fsp3) is 0.316. The van der Waals surface area contributed by atoms with Gasteiger partial charge < -0.3 is 10.1 Å². The summed E-state index contributed by atoms with van der Waals surface area (Å²) in [6, 6.07) is 10.8. The van der Waals surface area contributed by atoms with Crippen molar-refractivity contribution in [3.05, 3.63) is 65.0 Å². The third-order valence-electron chi connectivity index (χ3n) is 4.33. The zero-order chi connectivity index (χ0) is 19.4. The van der Waals surface area contributed by atoms with Crippen LogP contribution in [0.4, 0.5) is 4.39 Å². The Morgan fingerprint density at radius 2 is 1.93 bits per heavy atom. The van der Waals surface area contributed by atoms with Gasteiger partial charge >= 0.3 is 0 Å². The summed E-state index contributed by atoms with van der Waals surface area (Å²) in [6.07, 6.45) is 0. The van der Waals surface area contributed by atoms with E-state index in [4.69, 9.17) is 4.74 Å². The van der Waals surface area contributed by atoms with Gasteiger partial charge in [-0.25, -0.2) is 12.8 Å². The number of benzene rings is 2. The van der Waals surface area contributed by atoms with Crippen molar-refractivity contribution in [2.75, 3.05) is 26.3 Å². The molecule has 0 aliphatic carbocycles. The molecule has 1 fully saturated rings. The van der Waals surface area contributed by atoms with Gasteiger partial charge in [-0.3, -0.25) is 4.79 Å². The van der Waals surface area contributed by atoms with Gasteiger partial charge in [0.1, 0.15) is 5.82 Å². The minimum Gasteiger partial charge on any atom is -0.379 e. The molecule has 0 radical (unpaired) electrons. The Hall–Kier alpha value is -2.29. The molecule has 1 aliphatic rings. The van der Waals surface area contributed by atoms with E-state index in [2.05, 4.69) is 5.32 Å². The number of nitrogens with zero attached hydrogens (tertiary/aromatic N) is 1. The molecule has 0 bridgehead atoms. The van der Waals surface area contributed by atoms with Crippen molar-refractivity contribution < 1.29 is 22.3 Å². The van der Waals surface area contributed by atoms with Crippen molar-refractivity contribution in [1.29, 1.82) is 0 Å². The summed E-state index contributed by atoms with van der Waals surface area (Å²) < 4.78 is 46.0. The van der Waals surface area contributed by atoms with Crippen LogP contribution in [0.3, 0.4) is 0 Å². The van der Waals surface area contributed by atoms with Crippen molar-refractivity contribution in [2.24, 2.45) is 0 Å². The molecule has 3 rings (SSSR count). The number of carbonyl (C=O) groups excluding carboxylic acids is 1. The molecule has 1 amide bonds. The molecule has 1 saturated heterocycles. The first-order valence-corrected chi connectivity index (χ1v) is 10.0. The van der Waals surface area contributed by atoms with E-state index in [0.717, 1.165) is 23.3 Å². The lowest BCUT2D eigenvalue weighted by Gasteiger charge is -2.26. The Morgan fingerprint density at radius 1 is 1.19 bits per heavy atom. The normalized spacial score (nSPS) is 15.5. The molecule has 0 atom stereocenters. The minimum atomic E-state index is -3.80. The van der Waals surface area contributed by atoms with Crippen LogP contribution in [-0.2, 0) is 21.3 Å². The van der Waals surface area contributed by atoms with E-state index >= 15 is 0 Å². The first-order valence-electron chi connectivity index (χ1n) is 8.59. The number of aryl methyl sites for hydroxylation is 1. The molecule has 1 N–H and O–H groups in total. The van der Waals surface area contributed by atoms with Crippen LogP contribution in [0.25, 0.3) is 0 Å².